The number of nitrogens with zero attached hydrogens (tertiary/aromatic N) is 4. The van der Waals surface area contributed by atoms with Crippen LogP contribution in [0.1, 0.15) is 25.1 Å². The van der Waals surface area contributed by atoms with E-state index >= 15 is 0 Å². The molecule has 138 valence electrons. The fourth-order valence-electron chi connectivity index (χ4n) is 3.22. The van der Waals surface area contributed by atoms with E-state index in [1.54, 1.807) is 29.2 Å². The molecule has 0 bridgehead atoms. The minimum atomic E-state index is -1.04. The van der Waals surface area contributed by atoms with Crippen molar-refractivity contribution in [3.63, 3.8) is 0 Å². The highest BCUT2D eigenvalue weighted by molar-refractivity contribution is 5.89. The Morgan fingerprint density at radius 1 is 1.19 bits per heavy atom. The van der Waals surface area contributed by atoms with Crippen molar-refractivity contribution in [2.45, 2.75) is 26.9 Å². The van der Waals surface area contributed by atoms with Gasteiger partial charge in [-0.05, 0) is 24.3 Å². The monoisotopic (exact) mass is 366 g/mol. The number of amides is 1. The fourth-order valence-corrected chi connectivity index (χ4v) is 3.22. The van der Waals surface area contributed by atoms with Crippen LogP contribution in [0.25, 0.3) is 10.9 Å². The first-order valence-corrected chi connectivity index (χ1v) is 8.58. The molecule has 3 heterocycles. The fraction of sp³-hybridized carbons (Fsp3) is 0.263. The molecule has 3 aromatic rings. The summed E-state index contributed by atoms with van der Waals surface area (Å²) in [5, 5.41) is 9.92. The van der Waals surface area contributed by atoms with Crippen molar-refractivity contribution in [3.8, 4) is 11.6 Å². The minimum Gasteiger partial charge on any atom is -0.464 e. The number of hydrogen-bond donors (Lipinski definition) is 1. The van der Waals surface area contributed by atoms with E-state index in [1.165, 1.54) is 12.5 Å². The zero-order valence-electron chi connectivity index (χ0n) is 14.9. The number of fused-ring (bicyclic) bond motifs is 2. The summed E-state index contributed by atoms with van der Waals surface area (Å²) in [4.78, 5) is 33.7. The van der Waals surface area contributed by atoms with Gasteiger partial charge in [0.15, 0.2) is 0 Å². The predicted molar refractivity (Wildman–Crippen MR) is 96.6 cm³/mol. The summed E-state index contributed by atoms with van der Waals surface area (Å²) in [6.45, 7) is 4.60. The molecular formula is C19H18N4O4. The summed E-state index contributed by atoms with van der Waals surface area (Å²) in [5.74, 6) is 0.934. The first-order chi connectivity index (χ1) is 12.9. The van der Waals surface area contributed by atoms with E-state index in [1.807, 2.05) is 13.8 Å². The number of carbonyl (C=O) groups excluding carboxylic acids is 1. The van der Waals surface area contributed by atoms with Crippen molar-refractivity contribution in [1.29, 1.82) is 0 Å². The van der Waals surface area contributed by atoms with Crippen LogP contribution in [0.15, 0.2) is 36.8 Å². The van der Waals surface area contributed by atoms with E-state index in [2.05, 4.69) is 9.97 Å². The van der Waals surface area contributed by atoms with Crippen LogP contribution in [0.3, 0.4) is 0 Å². The van der Waals surface area contributed by atoms with Gasteiger partial charge in [-0.3, -0.25) is 9.36 Å². The highest BCUT2D eigenvalue weighted by Crippen LogP contribution is 2.32. The van der Waals surface area contributed by atoms with Crippen LogP contribution in [-0.2, 0) is 17.9 Å². The van der Waals surface area contributed by atoms with Crippen molar-refractivity contribution in [3.05, 3.63) is 48.0 Å². The van der Waals surface area contributed by atoms with Crippen LogP contribution in [0.5, 0.6) is 11.6 Å². The molecule has 0 aliphatic carbocycles. The number of hydrogen-bond acceptors (Lipinski definition) is 5. The number of aromatic nitrogens is 3. The molecule has 0 spiro atoms. The van der Waals surface area contributed by atoms with Crippen molar-refractivity contribution in [2.75, 3.05) is 0 Å². The molecule has 1 aromatic carbocycles. The second-order valence-electron chi connectivity index (χ2n) is 6.74. The van der Waals surface area contributed by atoms with Gasteiger partial charge >= 0.3 is 6.09 Å². The maximum absolute atomic E-state index is 12.3. The van der Waals surface area contributed by atoms with Gasteiger partial charge in [0, 0.05) is 17.5 Å². The molecule has 0 saturated carbocycles. The van der Waals surface area contributed by atoms with Crippen molar-refractivity contribution >= 4 is 22.9 Å². The van der Waals surface area contributed by atoms with E-state index in [4.69, 9.17) is 4.74 Å². The lowest BCUT2D eigenvalue weighted by Gasteiger charge is -2.17. The van der Waals surface area contributed by atoms with Gasteiger partial charge in [-0.15, -0.1) is 0 Å². The lowest BCUT2D eigenvalue weighted by atomic mass is 10.2. The molecule has 0 fully saturated rings. The summed E-state index contributed by atoms with van der Waals surface area (Å²) in [6.07, 6.45) is 1.88. The van der Waals surface area contributed by atoms with E-state index in [0.717, 1.165) is 21.2 Å². The first-order valence-electron chi connectivity index (χ1n) is 8.58. The van der Waals surface area contributed by atoms with Crippen LogP contribution < -0.4 is 4.74 Å². The molecule has 0 radical (unpaired) electrons. The summed E-state index contributed by atoms with van der Waals surface area (Å²) in [6, 6.07) is 6.86. The maximum Gasteiger partial charge on any atom is 0.415 e. The van der Waals surface area contributed by atoms with Gasteiger partial charge in [0.2, 0.25) is 11.8 Å². The predicted octanol–water partition coefficient (Wildman–Crippen LogP) is 3.25. The molecule has 0 atom stereocenters. The first kappa shape index (κ1) is 17.0. The zero-order valence-corrected chi connectivity index (χ0v) is 14.9. The van der Waals surface area contributed by atoms with Crippen molar-refractivity contribution in [2.24, 2.45) is 5.92 Å². The van der Waals surface area contributed by atoms with Gasteiger partial charge < -0.3 is 14.7 Å². The van der Waals surface area contributed by atoms with E-state index in [9.17, 15) is 14.7 Å². The second-order valence-corrected chi connectivity index (χ2v) is 6.74. The number of benzene rings is 1. The van der Waals surface area contributed by atoms with Gasteiger partial charge in [0.1, 0.15) is 12.1 Å². The summed E-state index contributed by atoms with van der Waals surface area (Å²) in [5.41, 5.74) is 2.17. The Morgan fingerprint density at radius 2 is 2.00 bits per heavy atom. The lowest BCUT2D eigenvalue weighted by molar-refractivity contribution is -0.135. The van der Waals surface area contributed by atoms with E-state index in [0.29, 0.717) is 30.2 Å². The Labute approximate surface area is 155 Å². The average molecular weight is 366 g/mol. The lowest BCUT2D eigenvalue weighted by Crippen LogP contribution is -2.29. The molecule has 1 aliphatic heterocycles. The minimum absolute atomic E-state index is 0.0652. The molecule has 27 heavy (non-hydrogen) atoms. The Balaban J connectivity index is 1.62. The Kier molecular flexibility index (Phi) is 4.02. The average Bonchev–Trinajstić information content (AvgIpc) is 3.25. The van der Waals surface area contributed by atoms with Gasteiger partial charge in [0.05, 0.1) is 29.9 Å². The van der Waals surface area contributed by atoms with Gasteiger partial charge in [-0.2, -0.15) is 0 Å². The smallest absolute Gasteiger partial charge is 0.415 e. The molecule has 8 nitrogen and oxygen atoms in total. The molecule has 8 heteroatoms. The molecular weight excluding hydrogens is 348 g/mol. The number of carboxylic acid groups (broad SMARTS) is 1. The summed E-state index contributed by atoms with van der Waals surface area (Å²) in [7, 11) is 0. The number of ether oxygens (including phenoxy) is 1. The Hall–Kier alpha value is -3.42. The van der Waals surface area contributed by atoms with E-state index in [-0.39, 0.29) is 11.8 Å². The maximum atomic E-state index is 12.3. The molecule has 1 N–H and O–H groups in total. The molecule has 0 unspecified atom stereocenters. The normalized spacial score (nSPS) is 13.2. The summed E-state index contributed by atoms with van der Waals surface area (Å²) < 4.78 is 7.09. The van der Waals surface area contributed by atoms with Gasteiger partial charge in [0.25, 0.3) is 0 Å². The third-order valence-electron chi connectivity index (χ3n) is 4.57. The van der Waals surface area contributed by atoms with Crippen molar-refractivity contribution < 1.29 is 19.4 Å². The zero-order chi connectivity index (χ0) is 19.1. The van der Waals surface area contributed by atoms with Crippen LogP contribution in [0.4, 0.5) is 4.79 Å². The SMILES string of the molecule is CC(C)C(=O)N1Cc2ncnc(Oc3ccc4c(ccn4C(=O)O)c3)c2C1. The molecule has 1 amide bonds. The Morgan fingerprint density at radius 3 is 2.74 bits per heavy atom. The summed E-state index contributed by atoms with van der Waals surface area (Å²) >= 11 is 0. The quantitative estimate of drug-likeness (QED) is 0.764. The van der Waals surface area contributed by atoms with E-state index < -0.39 is 6.09 Å². The van der Waals surface area contributed by atoms with Gasteiger partial charge in [-0.25, -0.2) is 14.8 Å². The third-order valence-corrected chi connectivity index (χ3v) is 4.57. The van der Waals surface area contributed by atoms with Crippen LogP contribution in [0.2, 0.25) is 0 Å². The van der Waals surface area contributed by atoms with Gasteiger partial charge in [-0.1, -0.05) is 13.8 Å². The molecule has 4 rings (SSSR count). The number of carbonyl (C=O) groups is 2. The van der Waals surface area contributed by atoms with Crippen LogP contribution >= 0.6 is 0 Å². The van der Waals surface area contributed by atoms with Crippen LogP contribution in [0, 0.1) is 5.92 Å². The molecule has 0 saturated heterocycles. The standard InChI is InChI=1S/C19H18N4O4/c1-11(2)18(24)22-8-14-15(9-22)20-10-21-17(14)27-13-3-4-16-12(7-13)5-6-23(16)19(25)26/h3-7,10-11H,8-9H2,1-2H3,(H,25,26). The number of rotatable bonds is 3. The topological polar surface area (TPSA) is 97.6 Å². The second kappa shape index (κ2) is 6.39. The Bertz CT molecular complexity index is 1060. The largest absolute Gasteiger partial charge is 0.464 e. The van der Waals surface area contributed by atoms with Crippen LogP contribution in [-0.4, -0.2) is 36.5 Å². The third kappa shape index (κ3) is 2.99. The molecule has 2 aromatic heterocycles. The highest BCUT2D eigenvalue weighted by atomic mass is 16.5. The van der Waals surface area contributed by atoms with Crippen molar-refractivity contribution in [1.82, 2.24) is 19.4 Å². The molecule has 1 aliphatic rings. The highest BCUT2D eigenvalue weighted by Gasteiger charge is 2.29.